The van der Waals surface area contributed by atoms with Crippen molar-refractivity contribution in [1.82, 2.24) is 5.43 Å². The van der Waals surface area contributed by atoms with E-state index in [1.54, 1.807) is 25.3 Å². The number of benzene rings is 1. The van der Waals surface area contributed by atoms with Crippen LogP contribution in [0.4, 0.5) is 0 Å². The normalized spacial score (nSPS) is 29.9. The second kappa shape index (κ2) is 5.63. The Labute approximate surface area is 130 Å². The van der Waals surface area contributed by atoms with Gasteiger partial charge in [0.25, 0.3) is 0 Å². The molecule has 118 valence electrons. The molecule has 2 N–H and O–H groups in total. The van der Waals surface area contributed by atoms with Crippen LogP contribution in [0.3, 0.4) is 0 Å². The number of phenolic OH excluding ortho intramolecular Hbond substituents is 1. The molecule has 1 aromatic rings. The van der Waals surface area contributed by atoms with E-state index in [1.165, 1.54) is 19.1 Å². The fourth-order valence-corrected chi connectivity index (χ4v) is 3.85. The zero-order valence-corrected chi connectivity index (χ0v) is 13.0. The number of nitrogens with zero attached hydrogens (tertiary/aromatic N) is 1. The Balaban J connectivity index is 1.62. The molecule has 0 aliphatic heterocycles. The number of aromatic hydroxyl groups is 1. The van der Waals surface area contributed by atoms with Crippen LogP contribution in [0.2, 0.25) is 0 Å². The summed E-state index contributed by atoms with van der Waals surface area (Å²) in [5.41, 5.74) is 3.31. The summed E-state index contributed by atoms with van der Waals surface area (Å²) in [6.45, 7) is 2.21. The van der Waals surface area contributed by atoms with E-state index in [2.05, 4.69) is 17.5 Å². The predicted octanol–water partition coefficient (Wildman–Crippen LogP) is 2.68. The van der Waals surface area contributed by atoms with Crippen LogP contribution in [0.5, 0.6) is 11.5 Å². The van der Waals surface area contributed by atoms with Gasteiger partial charge in [-0.3, -0.25) is 4.79 Å². The van der Waals surface area contributed by atoms with Crippen LogP contribution in [-0.4, -0.2) is 24.3 Å². The highest BCUT2D eigenvalue weighted by Crippen LogP contribution is 2.66. The fourth-order valence-electron chi connectivity index (χ4n) is 3.85. The summed E-state index contributed by atoms with van der Waals surface area (Å²) in [6, 6.07) is 4.88. The Bertz CT molecular complexity index is 614. The molecule has 0 bridgehead atoms. The molecule has 0 heterocycles. The summed E-state index contributed by atoms with van der Waals surface area (Å²) in [5.74, 6) is 1.33. The topological polar surface area (TPSA) is 70.9 Å². The van der Waals surface area contributed by atoms with E-state index >= 15 is 0 Å². The Morgan fingerprint density at radius 2 is 2.32 bits per heavy atom. The summed E-state index contributed by atoms with van der Waals surface area (Å²) in [6.07, 6.45) is 6.18. The van der Waals surface area contributed by atoms with Gasteiger partial charge in [0, 0.05) is 11.5 Å². The number of carbonyl (C=O) groups is 1. The number of amides is 1. The lowest BCUT2D eigenvalue weighted by Crippen LogP contribution is -2.22. The summed E-state index contributed by atoms with van der Waals surface area (Å²) in [5, 5.41) is 13.8. The number of ether oxygens (including phenoxy) is 1. The Kier molecular flexibility index (Phi) is 3.81. The Morgan fingerprint density at radius 1 is 1.50 bits per heavy atom. The second-order valence-electron chi connectivity index (χ2n) is 6.49. The van der Waals surface area contributed by atoms with Gasteiger partial charge in [-0.2, -0.15) is 5.10 Å². The summed E-state index contributed by atoms with van der Waals surface area (Å²) >= 11 is 0. The molecule has 1 aromatic carbocycles. The number of carbonyl (C=O) groups excluding carboxylic acids is 1. The van der Waals surface area contributed by atoms with E-state index in [0.717, 1.165) is 12.8 Å². The standard InChI is InChI=1S/C17H22N2O3/c1-17-8-4-3-5-13(17)15(17)16(21)19-18-10-11-9-12(22-2)6-7-14(11)20/h6-7,9-10,13,15,20H,3-5,8H2,1-2H3,(H,19,21)/b18-10+/t13-,15+,17-/m0/s1. The molecule has 5 nitrogen and oxygen atoms in total. The predicted molar refractivity (Wildman–Crippen MR) is 84.0 cm³/mol. The Morgan fingerprint density at radius 3 is 3.00 bits per heavy atom. The van der Waals surface area contributed by atoms with E-state index in [-0.39, 0.29) is 23.0 Å². The molecule has 0 radical (unpaired) electrons. The molecule has 0 spiro atoms. The maximum absolute atomic E-state index is 12.3. The molecule has 2 aliphatic rings. The minimum absolute atomic E-state index is 0.00645. The van der Waals surface area contributed by atoms with Crippen LogP contribution in [0.25, 0.3) is 0 Å². The first-order valence-corrected chi connectivity index (χ1v) is 7.76. The van der Waals surface area contributed by atoms with Crippen molar-refractivity contribution in [3.05, 3.63) is 23.8 Å². The third-order valence-electron chi connectivity index (χ3n) is 5.23. The number of nitrogens with one attached hydrogen (secondary N) is 1. The zero-order valence-electron chi connectivity index (χ0n) is 13.0. The van der Waals surface area contributed by atoms with Crippen molar-refractivity contribution in [1.29, 1.82) is 0 Å². The lowest BCUT2D eigenvalue weighted by atomic mass is 9.90. The number of hydrazone groups is 1. The quantitative estimate of drug-likeness (QED) is 0.663. The number of hydrogen-bond donors (Lipinski definition) is 2. The van der Waals surface area contributed by atoms with E-state index in [0.29, 0.717) is 17.2 Å². The maximum atomic E-state index is 12.3. The van der Waals surface area contributed by atoms with Gasteiger partial charge >= 0.3 is 0 Å². The average Bonchev–Trinajstić information content (AvgIpc) is 3.14. The van der Waals surface area contributed by atoms with Gasteiger partial charge in [-0.05, 0) is 42.4 Å². The van der Waals surface area contributed by atoms with Crippen molar-refractivity contribution in [2.45, 2.75) is 32.6 Å². The molecule has 0 aromatic heterocycles. The van der Waals surface area contributed by atoms with Crippen molar-refractivity contribution >= 4 is 12.1 Å². The van der Waals surface area contributed by atoms with Crippen molar-refractivity contribution < 1.29 is 14.6 Å². The SMILES string of the molecule is COc1ccc(O)c(/C=N/NC(=O)[C@H]2[C@@H]3CCCC[C@@]32C)c1. The van der Waals surface area contributed by atoms with Crippen molar-refractivity contribution in [3.63, 3.8) is 0 Å². The van der Waals surface area contributed by atoms with Crippen LogP contribution in [0.15, 0.2) is 23.3 Å². The molecule has 2 fully saturated rings. The molecular weight excluding hydrogens is 280 g/mol. The number of hydrogen-bond acceptors (Lipinski definition) is 4. The van der Waals surface area contributed by atoms with Gasteiger partial charge in [-0.1, -0.05) is 19.8 Å². The number of phenols is 1. The van der Waals surface area contributed by atoms with Crippen LogP contribution in [0, 0.1) is 17.3 Å². The number of fused-ring (bicyclic) bond motifs is 1. The summed E-state index contributed by atoms with van der Waals surface area (Å²) < 4.78 is 5.10. The zero-order chi connectivity index (χ0) is 15.7. The highest BCUT2D eigenvalue weighted by molar-refractivity contribution is 5.87. The fraction of sp³-hybridized carbons (Fsp3) is 0.529. The summed E-state index contributed by atoms with van der Waals surface area (Å²) in [7, 11) is 1.56. The average molecular weight is 302 g/mol. The largest absolute Gasteiger partial charge is 0.507 e. The second-order valence-corrected chi connectivity index (χ2v) is 6.49. The Hall–Kier alpha value is -2.04. The summed E-state index contributed by atoms with van der Waals surface area (Å²) in [4.78, 5) is 12.3. The van der Waals surface area contributed by atoms with Crippen LogP contribution < -0.4 is 10.2 Å². The molecule has 1 amide bonds. The first kappa shape index (κ1) is 14.9. The first-order valence-electron chi connectivity index (χ1n) is 7.76. The van der Waals surface area contributed by atoms with Gasteiger partial charge in [0.2, 0.25) is 5.91 Å². The molecule has 2 aliphatic carbocycles. The lowest BCUT2D eigenvalue weighted by molar-refractivity contribution is -0.123. The van der Waals surface area contributed by atoms with Crippen LogP contribution in [0.1, 0.15) is 38.2 Å². The maximum Gasteiger partial charge on any atom is 0.244 e. The van der Waals surface area contributed by atoms with Crippen molar-refractivity contribution in [3.8, 4) is 11.5 Å². The molecular formula is C17H22N2O3. The monoisotopic (exact) mass is 302 g/mol. The van der Waals surface area contributed by atoms with Crippen molar-refractivity contribution in [2.24, 2.45) is 22.4 Å². The van der Waals surface area contributed by atoms with Crippen molar-refractivity contribution in [2.75, 3.05) is 7.11 Å². The molecule has 0 saturated heterocycles. The number of rotatable bonds is 4. The van der Waals surface area contributed by atoms with E-state index < -0.39 is 0 Å². The van der Waals surface area contributed by atoms with Crippen LogP contribution >= 0.6 is 0 Å². The molecule has 3 rings (SSSR count). The van der Waals surface area contributed by atoms with Crippen LogP contribution in [-0.2, 0) is 4.79 Å². The smallest absolute Gasteiger partial charge is 0.244 e. The highest BCUT2D eigenvalue weighted by Gasteiger charge is 2.64. The minimum Gasteiger partial charge on any atom is -0.507 e. The highest BCUT2D eigenvalue weighted by atomic mass is 16.5. The van der Waals surface area contributed by atoms with Gasteiger partial charge in [-0.25, -0.2) is 5.43 Å². The van der Waals surface area contributed by atoms with E-state index in [9.17, 15) is 9.90 Å². The van der Waals surface area contributed by atoms with Gasteiger partial charge in [-0.15, -0.1) is 0 Å². The van der Waals surface area contributed by atoms with Gasteiger partial charge < -0.3 is 9.84 Å². The molecule has 2 saturated carbocycles. The number of methoxy groups -OCH3 is 1. The van der Waals surface area contributed by atoms with Gasteiger partial charge in [0.15, 0.2) is 0 Å². The lowest BCUT2D eigenvalue weighted by Gasteiger charge is -2.15. The van der Waals surface area contributed by atoms with Gasteiger partial charge in [0.05, 0.1) is 13.3 Å². The molecule has 5 heteroatoms. The molecule has 0 unspecified atom stereocenters. The van der Waals surface area contributed by atoms with E-state index in [4.69, 9.17) is 4.74 Å². The first-order chi connectivity index (χ1) is 10.6. The molecule has 22 heavy (non-hydrogen) atoms. The minimum atomic E-state index is -0.00645. The molecule has 3 atom stereocenters. The third kappa shape index (κ3) is 2.56. The van der Waals surface area contributed by atoms with Gasteiger partial charge in [0.1, 0.15) is 11.5 Å². The van der Waals surface area contributed by atoms with E-state index in [1.807, 2.05) is 0 Å². The third-order valence-corrected chi connectivity index (χ3v) is 5.23.